The fourth-order valence-electron chi connectivity index (χ4n) is 12.2. The molecule has 0 atom stereocenters. The summed E-state index contributed by atoms with van der Waals surface area (Å²) in [6, 6.07) is 92.9. The molecule has 78 heavy (non-hydrogen) atoms. The lowest BCUT2D eigenvalue weighted by atomic mass is 9.96. The molecule has 5 nitrogen and oxygen atoms in total. The van der Waals surface area contributed by atoms with Gasteiger partial charge in [-0.15, -0.1) is 0 Å². The van der Waals surface area contributed by atoms with Crippen LogP contribution in [0.5, 0.6) is 0 Å². The van der Waals surface area contributed by atoms with Gasteiger partial charge in [0, 0.05) is 66.1 Å². The van der Waals surface area contributed by atoms with E-state index in [4.69, 9.17) is 9.97 Å². The van der Waals surface area contributed by atoms with Gasteiger partial charge >= 0.3 is 0 Å². The fraction of sp³-hybridized carbons (Fsp3) is 0.0411. The topological polar surface area (TPSA) is 40.6 Å². The lowest BCUT2D eigenvalue weighted by Gasteiger charge is -2.13. The molecule has 15 rings (SSSR count). The van der Waals surface area contributed by atoms with Crippen LogP contribution in [-0.2, 0) is 0 Å². The zero-order valence-electron chi connectivity index (χ0n) is 43.5. The van der Waals surface area contributed by atoms with Crippen molar-refractivity contribution in [1.29, 1.82) is 0 Å². The molecule has 4 aromatic heterocycles. The summed E-state index contributed by atoms with van der Waals surface area (Å²) in [6.07, 6.45) is 0. The van der Waals surface area contributed by atoms with Gasteiger partial charge in [0.2, 0.25) is 0 Å². The number of para-hydroxylation sites is 4. The minimum atomic E-state index is 0.727. The Morgan fingerprint density at radius 3 is 1.15 bits per heavy atom. The summed E-state index contributed by atoms with van der Waals surface area (Å²) in [5.41, 5.74) is 23.7. The molecular weight excluding hydrogens is 947 g/mol. The first-order valence-corrected chi connectivity index (χ1v) is 26.8. The average Bonchev–Trinajstić information content (AvgIpc) is 4.23. The van der Waals surface area contributed by atoms with Crippen LogP contribution in [0.25, 0.3) is 139 Å². The number of fused-ring (bicyclic) bond motifs is 9. The lowest BCUT2D eigenvalue weighted by molar-refractivity contribution is 1.16. The number of nitrogens with zero attached hydrogens (tertiary/aromatic N) is 5. The van der Waals surface area contributed by atoms with Crippen LogP contribution in [0.1, 0.15) is 16.7 Å². The van der Waals surface area contributed by atoms with Crippen LogP contribution in [-0.4, -0.2) is 23.7 Å². The van der Waals surface area contributed by atoms with E-state index in [1.807, 2.05) is 0 Å². The van der Waals surface area contributed by atoms with Gasteiger partial charge in [0.25, 0.3) is 0 Å². The van der Waals surface area contributed by atoms with E-state index in [9.17, 15) is 0 Å². The van der Waals surface area contributed by atoms with E-state index < -0.39 is 0 Å². The van der Waals surface area contributed by atoms with E-state index in [1.165, 1.54) is 82.2 Å². The van der Waals surface area contributed by atoms with Gasteiger partial charge in [-0.2, -0.15) is 0 Å². The van der Waals surface area contributed by atoms with Gasteiger partial charge in [0.1, 0.15) is 0 Å². The predicted molar refractivity (Wildman–Crippen MR) is 326 cm³/mol. The molecule has 0 aliphatic carbocycles. The minimum Gasteiger partial charge on any atom is -0.309 e. The third-order valence-corrected chi connectivity index (χ3v) is 15.9. The molecule has 0 spiro atoms. The van der Waals surface area contributed by atoms with Crippen molar-refractivity contribution in [2.24, 2.45) is 0 Å². The second-order valence-corrected chi connectivity index (χ2v) is 20.8. The zero-order valence-corrected chi connectivity index (χ0v) is 43.5. The monoisotopic (exact) mass is 997 g/mol. The molecule has 11 aromatic carbocycles. The standard InChI is InChI=1S/C73H51N5/c1-46-14-12-16-53(40-46)65-45-66(75-73(74-65)54-17-13-15-47(2)41-54)58-37-32-52(42-48(58)3)51-28-26-49(27-29-51)50-30-33-55(34-31-50)76-71-38-35-56(77-67-22-8-4-18-59(67)60-19-5-9-23-68(60)77)43-63(71)64-44-57(36-39-72(64)76)78-69-24-10-6-20-61(69)62-21-7-11-25-70(62)78/h4-45H,1-3H3. The van der Waals surface area contributed by atoms with Crippen molar-refractivity contribution in [1.82, 2.24) is 23.7 Å². The second-order valence-electron chi connectivity index (χ2n) is 20.8. The Labute approximate surface area is 452 Å². The van der Waals surface area contributed by atoms with Crippen LogP contribution in [0.3, 0.4) is 0 Å². The third kappa shape index (κ3) is 7.46. The van der Waals surface area contributed by atoms with E-state index >= 15 is 0 Å². The maximum Gasteiger partial charge on any atom is 0.160 e. The zero-order chi connectivity index (χ0) is 52.0. The van der Waals surface area contributed by atoms with E-state index in [-0.39, 0.29) is 0 Å². The summed E-state index contributed by atoms with van der Waals surface area (Å²) in [5.74, 6) is 0.727. The SMILES string of the molecule is Cc1cccc(-c2cc(-c3ccc(-c4ccc(-c5ccc(-n6c7ccc(-n8c9ccccc9c9ccccc98)cc7c7cc(-n8c9ccccc9c9ccccc98)ccc76)cc5)cc4)cc3C)nc(-c3cccc(C)c3)n2)c1. The molecule has 0 bridgehead atoms. The molecule has 0 unspecified atom stereocenters. The van der Waals surface area contributed by atoms with Gasteiger partial charge in [0.15, 0.2) is 5.82 Å². The summed E-state index contributed by atoms with van der Waals surface area (Å²) in [5, 5.41) is 7.41. The highest BCUT2D eigenvalue weighted by Crippen LogP contribution is 2.41. The number of rotatable bonds is 8. The Bertz CT molecular complexity index is 4530. The van der Waals surface area contributed by atoms with Gasteiger partial charge < -0.3 is 13.7 Å². The van der Waals surface area contributed by atoms with Crippen molar-refractivity contribution >= 4 is 65.4 Å². The first kappa shape index (κ1) is 45.3. The van der Waals surface area contributed by atoms with Crippen LogP contribution >= 0.6 is 0 Å². The molecule has 0 amide bonds. The predicted octanol–water partition coefficient (Wildman–Crippen LogP) is 19.0. The molecule has 0 saturated carbocycles. The Kier molecular flexibility index (Phi) is 10.5. The largest absolute Gasteiger partial charge is 0.309 e. The van der Waals surface area contributed by atoms with Gasteiger partial charge in [-0.25, -0.2) is 9.97 Å². The number of benzene rings is 11. The molecule has 0 fully saturated rings. The molecule has 5 heteroatoms. The first-order valence-electron chi connectivity index (χ1n) is 26.8. The highest BCUT2D eigenvalue weighted by molar-refractivity contribution is 6.14. The van der Waals surface area contributed by atoms with E-state index in [2.05, 4.69) is 289 Å². The van der Waals surface area contributed by atoms with Crippen molar-refractivity contribution in [3.05, 3.63) is 271 Å². The molecule has 4 heterocycles. The Morgan fingerprint density at radius 2 is 0.654 bits per heavy atom. The van der Waals surface area contributed by atoms with Crippen molar-refractivity contribution in [2.75, 3.05) is 0 Å². The summed E-state index contributed by atoms with van der Waals surface area (Å²) in [4.78, 5) is 10.3. The van der Waals surface area contributed by atoms with Crippen LogP contribution < -0.4 is 0 Å². The molecule has 0 N–H and O–H groups in total. The highest BCUT2D eigenvalue weighted by atomic mass is 15.0. The maximum atomic E-state index is 5.17. The van der Waals surface area contributed by atoms with Crippen molar-refractivity contribution in [2.45, 2.75) is 20.8 Å². The summed E-state index contributed by atoms with van der Waals surface area (Å²) >= 11 is 0. The maximum absolute atomic E-state index is 5.17. The Morgan fingerprint density at radius 1 is 0.256 bits per heavy atom. The van der Waals surface area contributed by atoms with Gasteiger partial charge in [-0.3, -0.25) is 0 Å². The van der Waals surface area contributed by atoms with Crippen molar-refractivity contribution in [3.8, 4) is 73.2 Å². The molecular formula is C73H51N5. The van der Waals surface area contributed by atoms with Crippen LogP contribution in [0, 0.1) is 20.8 Å². The third-order valence-electron chi connectivity index (χ3n) is 15.9. The van der Waals surface area contributed by atoms with Crippen molar-refractivity contribution in [3.63, 3.8) is 0 Å². The fourth-order valence-corrected chi connectivity index (χ4v) is 12.2. The van der Waals surface area contributed by atoms with E-state index in [0.29, 0.717) is 0 Å². The van der Waals surface area contributed by atoms with Gasteiger partial charge in [0.05, 0.1) is 44.5 Å². The van der Waals surface area contributed by atoms with Crippen LogP contribution in [0.4, 0.5) is 0 Å². The molecule has 0 aliphatic heterocycles. The Balaban J connectivity index is 0.792. The normalized spacial score (nSPS) is 11.8. The summed E-state index contributed by atoms with van der Waals surface area (Å²) < 4.78 is 7.28. The molecule has 0 aliphatic rings. The lowest BCUT2D eigenvalue weighted by Crippen LogP contribution is -1.97. The minimum absolute atomic E-state index is 0.727. The number of aromatic nitrogens is 5. The molecule has 15 aromatic rings. The van der Waals surface area contributed by atoms with Gasteiger partial charge in [-0.05, 0) is 140 Å². The van der Waals surface area contributed by atoms with Crippen LogP contribution in [0.2, 0.25) is 0 Å². The van der Waals surface area contributed by atoms with Crippen molar-refractivity contribution < 1.29 is 0 Å². The molecule has 368 valence electrons. The summed E-state index contributed by atoms with van der Waals surface area (Å²) in [6.45, 7) is 6.41. The van der Waals surface area contributed by atoms with E-state index in [1.54, 1.807) is 0 Å². The van der Waals surface area contributed by atoms with Crippen LogP contribution in [0.15, 0.2) is 255 Å². The molecule has 0 saturated heterocycles. The van der Waals surface area contributed by atoms with E-state index in [0.717, 1.165) is 73.1 Å². The highest BCUT2D eigenvalue weighted by Gasteiger charge is 2.20. The number of aryl methyl sites for hydroxylation is 3. The average molecular weight is 998 g/mol. The first-order chi connectivity index (χ1) is 38.4. The second kappa shape index (κ2) is 18.0. The smallest absolute Gasteiger partial charge is 0.160 e. The Hall–Kier alpha value is -10.1. The van der Waals surface area contributed by atoms with Gasteiger partial charge in [-0.1, -0.05) is 175 Å². The quantitative estimate of drug-likeness (QED) is 0.152. The number of hydrogen-bond donors (Lipinski definition) is 0. The summed E-state index contributed by atoms with van der Waals surface area (Å²) in [7, 11) is 0. The molecule has 0 radical (unpaired) electrons. The number of hydrogen-bond acceptors (Lipinski definition) is 2.